The van der Waals surface area contributed by atoms with Crippen molar-refractivity contribution in [2.75, 3.05) is 6.61 Å². The first-order valence-electron chi connectivity index (χ1n) is 12.5. The second-order valence-corrected chi connectivity index (χ2v) is 11.3. The number of hydrogen-bond acceptors (Lipinski definition) is 10. The predicted octanol–water partition coefficient (Wildman–Crippen LogP) is 3.05. The number of amides is 1. The van der Waals surface area contributed by atoms with Gasteiger partial charge in [-0.1, -0.05) is 30.3 Å². The molecule has 2 aliphatic rings. The summed E-state index contributed by atoms with van der Waals surface area (Å²) in [5, 5.41) is 16.2. The number of carbonyl (C=O) groups excluding carboxylic acids is 1. The summed E-state index contributed by atoms with van der Waals surface area (Å²) in [6.45, 7) is 7.23. The molecule has 2 aliphatic heterocycles. The van der Waals surface area contributed by atoms with Crippen LogP contribution < -0.4 is 10.9 Å². The van der Waals surface area contributed by atoms with Crippen molar-refractivity contribution >= 4 is 22.0 Å². The third-order valence-electron chi connectivity index (χ3n) is 6.15. The second kappa shape index (κ2) is 11.3. The molecular formula is C26H31BrN6O6. The zero-order chi connectivity index (χ0) is 27.7. The molecule has 6 atom stereocenters. The molecule has 12 nitrogen and oxygen atoms in total. The number of aliphatic hydroxyl groups excluding tert-OH is 1. The minimum Gasteiger partial charge on any atom is -0.443 e. The molecule has 2 aromatic heterocycles. The van der Waals surface area contributed by atoms with Crippen LogP contribution in [0.2, 0.25) is 0 Å². The topological polar surface area (TPSA) is 142 Å². The summed E-state index contributed by atoms with van der Waals surface area (Å²) in [4.78, 5) is 21.3. The summed E-state index contributed by atoms with van der Waals surface area (Å²) in [5.41, 5.74) is 6.23. The molecule has 0 saturated carbocycles. The number of hydrogen-bond donors (Lipinski definition) is 3. The van der Waals surface area contributed by atoms with Crippen molar-refractivity contribution in [3.8, 4) is 5.69 Å². The van der Waals surface area contributed by atoms with E-state index in [1.807, 2.05) is 36.4 Å². The third kappa shape index (κ3) is 6.29. The predicted molar refractivity (Wildman–Crippen MR) is 142 cm³/mol. The molecule has 13 heteroatoms. The first kappa shape index (κ1) is 27.6. The maximum atomic E-state index is 12.5. The Morgan fingerprint density at radius 2 is 1.97 bits per heavy atom. The monoisotopic (exact) mass is 602 g/mol. The summed E-state index contributed by atoms with van der Waals surface area (Å²) in [6.07, 6.45) is -1.51. The highest BCUT2D eigenvalue weighted by Gasteiger charge is 2.51. The summed E-state index contributed by atoms with van der Waals surface area (Å²) < 4.78 is 26.4. The number of aryl methyl sites for hydroxylation is 1. The fraction of sp³-hybridized carbons (Fsp3) is 0.462. The number of halogens is 1. The van der Waals surface area contributed by atoms with Crippen molar-refractivity contribution in [2.45, 2.75) is 70.0 Å². The highest BCUT2D eigenvalue weighted by atomic mass is 79.9. The molecule has 2 fully saturated rings. The van der Waals surface area contributed by atoms with Crippen molar-refractivity contribution in [2.24, 2.45) is 0 Å². The van der Waals surface area contributed by atoms with Crippen molar-refractivity contribution in [1.82, 2.24) is 30.6 Å². The number of ether oxygens (including phenoxy) is 4. The zero-order valence-electron chi connectivity index (χ0n) is 21.9. The van der Waals surface area contributed by atoms with Crippen molar-refractivity contribution in [1.29, 1.82) is 0 Å². The molecule has 1 amide bonds. The van der Waals surface area contributed by atoms with E-state index in [1.54, 1.807) is 44.8 Å². The fourth-order valence-corrected chi connectivity index (χ4v) is 4.92. The number of rotatable bonds is 5. The van der Waals surface area contributed by atoms with Gasteiger partial charge in [0.2, 0.25) is 0 Å². The lowest BCUT2D eigenvalue weighted by atomic mass is 9.91. The van der Waals surface area contributed by atoms with Gasteiger partial charge in [-0.2, -0.15) is 5.10 Å². The molecule has 4 unspecified atom stereocenters. The molecule has 2 saturated heterocycles. The number of hydrazine groups is 1. The molecular weight excluding hydrogens is 572 g/mol. The Labute approximate surface area is 234 Å². The molecule has 3 aromatic rings. The number of aromatic nitrogens is 4. The van der Waals surface area contributed by atoms with Gasteiger partial charge in [-0.3, -0.25) is 10.4 Å². The van der Waals surface area contributed by atoms with Crippen molar-refractivity contribution < 1.29 is 28.8 Å². The number of pyridine rings is 1. The van der Waals surface area contributed by atoms with Crippen LogP contribution >= 0.6 is 15.9 Å². The van der Waals surface area contributed by atoms with Crippen LogP contribution in [0.25, 0.3) is 5.69 Å². The lowest BCUT2D eigenvalue weighted by Gasteiger charge is -2.48. The minimum atomic E-state index is -1.21. The number of carbonyl (C=O) groups is 1. The smallest absolute Gasteiger partial charge is 0.422 e. The van der Waals surface area contributed by atoms with Crippen LogP contribution in [0.15, 0.2) is 53.3 Å². The maximum Gasteiger partial charge on any atom is 0.422 e. The summed E-state index contributed by atoms with van der Waals surface area (Å²) in [7, 11) is 0. The average molecular weight is 603 g/mol. The molecule has 0 spiro atoms. The number of nitrogens with one attached hydrogen (secondary N) is 2. The summed E-state index contributed by atoms with van der Waals surface area (Å²) in [6, 6.07) is 10.5. The highest BCUT2D eigenvalue weighted by Crippen LogP contribution is 2.39. The Morgan fingerprint density at radius 1 is 1.21 bits per heavy atom. The van der Waals surface area contributed by atoms with E-state index in [9.17, 15) is 9.90 Å². The van der Waals surface area contributed by atoms with Crippen LogP contribution in [0.5, 0.6) is 0 Å². The van der Waals surface area contributed by atoms with E-state index < -0.39 is 48.4 Å². The molecule has 0 aliphatic carbocycles. The van der Waals surface area contributed by atoms with E-state index in [0.29, 0.717) is 17.3 Å². The zero-order valence-corrected chi connectivity index (χ0v) is 23.5. The number of nitrogens with zero attached hydrogens (tertiary/aromatic N) is 4. The average Bonchev–Trinajstić information content (AvgIpc) is 3.28. The molecule has 0 bridgehead atoms. The van der Waals surface area contributed by atoms with E-state index in [0.717, 1.165) is 10.0 Å². The highest BCUT2D eigenvalue weighted by molar-refractivity contribution is 9.10. The fourth-order valence-electron chi connectivity index (χ4n) is 4.56. The number of benzene rings is 1. The number of aliphatic hydroxyl groups is 1. The van der Waals surface area contributed by atoms with Gasteiger partial charge in [0, 0.05) is 16.2 Å². The number of fused-ring (bicyclic) bond motifs is 1. The van der Waals surface area contributed by atoms with Crippen LogP contribution in [0, 0.1) is 6.92 Å². The van der Waals surface area contributed by atoms with Crippen molar-refractivity contribution in [3.05, 3.63) is 70.5 Å². The molecule has 1 aromatic carbocycles. The molecule has 4 heterocycles. The Kier molecular flexibility index (Phi) is 7.99. The van der Waals surface area contributed by atoms with E-state index in [-0.39, 0.29) is 6.61 Å². The lowest BCUT2D eigenvalue weighted by Crippen LogP contribution is -2.66. The molecule has 3 N–H and O–H groups in total. The van der Waals surface area contributed by atoms with Gasteiger partial charge in [0.15, 0.2) is 12.1 Å². The van der Waals surface area contributed by atoms with Crippen LogP contribution in [0.1, 0.15) is 50.4 Å². The SMILES string of the molecule is Cc1nc([C@@H]2OC3COC(c4ccccc4)O[C@@H]3C(NNC(=O)OC(C)(C)C)C2O)n(-c2cncc(Br)c2)n1. The molecule has 5 rings (SSSR count). The first-order valence-corrected chi connectivity index (χ1v) is 13.3. The van der Waals surface area contributed by atoms with Gasteiger partial charge >= 0.3 is 6.09 Å². The van der Waals surface area contributed by atoms with Crippen LogP contribution in [-0.4, -0.2) is 67.5 Å². The van der Waals surface area contributed by atoms with Gasteiger partial charge in [-0.15, -0.1) is 0 Å². The second-order valence-electron chi connectivity index (χ2n) is 10.3. The van der Waals surface area contributed by atoms with Crippen LogP contribution in [0.4, 0.5) is 4.79 Å². The van der Waals surface area contributed by atoms with E-state index in [1.165, 1.54) is 0 Å². The van der Waals surface area contributed by atoms with Gasteiger partial charge < -0.3 is 24.1 Å². The standard InChI is InChI=1S/C26H31BrN6O6/c1-14-29-23(33(32-14)17-10-16(27)11-28-12-17)22-20(34)19(30-31-25(35)39-26(2,3)4)21-18(37-22)13-36-24(38-21)15-8-6-5-7-9-15/h5-12,18-22,24,30,34H,13H2,1-4H3,(H,31,35)/t18?,19?,20?,21-,22+,24?/m0/s1. The first-order chi connectivity index (χ1) is 18.6. The van der Waals surface area contributed by atoms with Gasteiger partial charge in [-0.25, -0.2) is 19.9 Å². The lowest BCUT2D eigenvalue weighted by molar-refractivity contribution is -0.313. The Hall–Kier alpha value is -2.94. The summed E-state index contributed by atoms with van der Waals surface area (Å²) >= 11 is 3.43. The largest absolute Gasteiger partial charge is 0.443 e. The molecule has 39 heavy (non-hydrogen) atoms. The Balaban J connectivity index is 1.45. The normalized spacial score (nSPS) is 27.0. The molecule has 0 radical (unpaired) electrons. The van der Waals surface area contributed by atoms with Gasteiger partial charge in [-0.05, 0) is 49.7 Å². The van der Waals surface area contributed by atoms with Gasteiger partial charge in [0.25, 0.3) is 0 Å². The van der Waals surface area contributed by atoms with Crippen LogP contribution in [-0.2, 0) is 18.9 Å². The maximum absolute atomic E-state index is 12.5. The van der Waals surface area contributed by atoms with E-state index in [2.05, 4.69) is 41.8 Å². The van der Waals surface area contributed by atoms with Crippen molar-refractivity contribution in [3.63, 3.8) is 0 Å². The quantitative estimate of drug-likeness (QED) is 0.373. The molecule has 208 valence electrons. The third-order valence-corrected chi connectivity index (χ3v) is 6.59. The minimum absolute atomic E-state index is 0.184. The van der Waals surface area contributed by atoms with Gasteiger partial charge in [0.1, 0.15) is 35.8 Å². The Morgan fingerprint density at radius 3 is 2.69 bits per heavy atom. The Bertz CT molecular complexity index is 1300. The van der Waals surface area contributed by atoms with Crippen LogP contribution in [0.3, 0.4) is 0 Å². The van der Waals surface area contributed by atoms with E-state index in [4.69, 9.17) is 18.9 Å². The van der Waals surface area contributed by atoms with E-state index >= 15 is 0 Å². The summed E-state index contributed by atoms with van der Waals surface area (Å²) in [5.74, 6) is 0.854. The van der Waals surface area contributed by atoms with Gasteiger partial charge in [0.05, 0.1) is 24.5 Å².